The van der Waals surface area contributed by atoms with Crippen LogP contribution in [0.4, 0.5) is 5.82 Å². The standard InChI is InChI=1S/C15H19BrN4/c1-4-8-17-15-13(16)12(5-2)19-14(20-15)11-7-6-10(3)18-9-11/h6-7,9H,4-5,8H2,1-3H3,(H,17,19,20). The Labute approximate surface area is 128 Å². The van der Waals surface area contributed by atoms with Crippen LogP contribution in [0.2, 0.25) is 0 Å². The van der Waals surface area contributed by atoms with Gasteiger partial charge in [-0.15, -0.1) is 0 Å². The normalized spacial score (nSPS) is 10.6. The van der Waals surface area contributed by atoms with Crippen LogP contribution in [0.15, 0.2) is 22.8 Å². The lowest BCUT2D eigenvalue weighted by Crippen LogP contribution is -2.07. The van der Waals surface area contributed by atoms with Gasteiger partial charge in [-0.05, 0) is 47.8 Å². The van der Waals surface area contributed by atoms with Crippen molar-refractivity contribution in [3.8, 4) is 11.4 Å². The van der Waals surface area contributed by atoms with Crippen LogP contribution >= 0.6 is 15.9 Å². The number of hydrogen-bond acceptors (Lipinski definition) is 4. The topological polar surface area (TPSA) is 50.7 Å². The highest BCUT2D eigenvalue weighted by molar-refractivity contribution is 9.10. The highest BCUT2D eigenvalue weighted by Crippen LogP contribution is 2.27. The van der Waals surface area contributed by atoms with E-state index in [0.717, 1.165) is 52.5 Å². The van der Waals surface area contributed by atoms with E-state index in [9.17, 15) is 0 Å². The zero-order valence-electron chi connectivity index (χ0n) is 12.1. The minimum atomic E-state index is 0.719. The molecule has 106 valence electrons. The van der Waals surface area contributed by atoms with Gasteiger partial charge >= 0.3 is 0 Å². The van der Waals surface area contributed by atoms with Crippen LogP contribution in [-0.4, -0.2) is 21.5 Å². The molecule has 0 bridgehead atoms. The maximum atomic E-state index is 4.62. The van der Waals surface area contributed by atoms with E-state index in [4.69, 9.17) is 0 Å². The van der Waals surface area contributed by atoms with Crippen molar-refractivity contribution in [1.82, 2.24) is 15.0 Å². The second-order valence-corrected chi connectivity index (χ2v) is 5.42. The predicted octanol–water partition coefficient (Wildman–Crippen LogP) is 3.99. The lowest BCUT2D eigenvalue weighted by Gasteiger charge is -2.12. The number of nitrogens with one attached hydrogen (secondary N) is 1. The monoisotopic (exact) mass is 334 g/mol. The Morgan fingerprint density at radius 2 is 2.00 bits per heavy atom. The zero-order valence-corrected chi connectivity index (χ0v) is 13.7. The first kappa shape index (κ1) is 14.9. The number of hydrogen-bond donors (Lipinski definition) is 1. The molecule has 1 N–H and O–H groups in total. The average molecular weight is 335 g/mol. The van der Waals surface area contributed by atoms with E-state index < -0.39 is 0 Å². The molecule has 2 heterocycles. The maximum Gasteiger partial charge on any atom is 0.163 e. The van der Waals surface area contributed by atoms with E-state index in [0.29, 0.717) is 0 Å². The largest absolute Gasteiger partial charge is 0.369 e. The SMILES string of the molecule is CCCNc1nc(-c2ccc(C)nc2)nc(CC)c1Br. The Morgan fingerprint density at radius 1 is 1.20 bits per heavy atom. The summed E-state index contributed by atoms with van der Waals surface area (Å²) in [7, 11) is 0. The predicted molar refractivity (Wildman–Crippen MR) is 85.9 cm³/mol. The minimum Gasteiger partial charge on any atom is -0.369 e. The molecule has 0 amide bonds. The lowest BCUT2D eigenvalue weighted by molar-refractivity contribution is 0.943. The van der Waals surface area contributed by atoms with E-state index >= 15 is 0 Å². The van der Waals surface area contributed by atoms with Gasteiger partial charge in [-0.25, -0.2) is 9.97 Å². The Balaban J connectivity index is 2.44. The van der Waals surface area contributed by atoms with Gasteiger partial charge in [-0.3, -0.25) is 4.98 Å². The third-order valence-corrected chi connectivity index (χ3v) is 3.80. The van der Waals surface area contributed by atoms with Crippen molar-refractivity contribution in [2.24, 2.45) is 0 Å². The number of aryl methyl sites for hydroxylation is 2. The Morgan fingerprint density at radius 3 is 2.60 bits per heavy atom. The molecular weight excluding hydrogens is 316 g/mol. The highest BCUT2D eigenvalue weighted by atomic mass is 79.9. The van der Waals surface area contributed by atoms with E-state index in [1.807, 2.05) is 25.3 Å². The lowest BCUT2D eigenvalue weighted by atomic mass is 10.2. The summed E-state index contributed by atoms with van der Waals surface area (Å²) in [5.74, 6) is 1.57. The Bertz CT molecular complexity index is 581. The Kier molecular flexibility index (Phi) is 5.06. The van der Waals surface area contributed by atoms with E-state index in [1.165, 1.54) is 0 Å². The molecule has 20 heavy (non-hydrogen) atoms. The van der Waals surface area contributed by atoms with Gasteiger partial charge in [0.1, 0.15) is 5.82 Å². The highest BCUT2D eigenvalue weighted by Gasteiger charge is 2.12. The van der Waals surface area contributed by atoms with E-state index in [1.54, 1.807) is 0 Å². The number of pyridine rings is 1. The summed E-state index contributed by atoms with van der Waals surface area (Å²) in [4.78, 5) is 13.5. The van der Waals surface area contributed by atoms with Crippen LogP contribution in [0.5, 0.6) is 0 Å². The molecular formula is C15H19BrN4. The van der Waals surface area contributed by atoms with Crippen LogP contribution in [-0.2, 0) is 6.42 Å². The first-order valence-corrected chi connectivity index (χ1v) is 7.68. The van der Waals surface area contributed by atoms with Gasteiger partial charge in [0.2, 0.25) is 0 Å². The summed E-state index contributed by atoms with van der Waals surface area (Å²) >= 11 is 3.59. The average Bonchev–Trinajstić information content (AvgIpc) is 2.47. The molecule has 4 nitrogen and oxygen atoms in total. The zero-order chi connectivity index (χ0) is 14.5. The molecule has 0 saturated carbocycles. The summed E-state index contributed by atoms with van der Waals surface area (Å²) in [5, 5.41) is 3.34. The molecule has 0 fully saturated rings. The first-order chi connectivity index (χ1) is 9.65. The Hall–Kier alpha value is -1.49. The minimum absolute atomic E-state index is 0.719. The van der Waals surface area contributed by atoms with Crippen LogP contribution in [0.1, 0.15) is 31.7 Å². The van der Waals surface area contributed by atoms with Crippen molar-refractivity contribution in [2.45, 2.75) is 33.6 Å². The molecule has 0 aliphatic carbocycles. The molecule has 0 aliphatic heterocycles. The van der Waals surface area contributed by atoms with Gasteiger partial charge in [0.05, 0.1) is 10.2 Å². The fourth-order valence-corrected chi connectivity index (χ4v) is 2.42. The second-order valence-electron chi connectivity index (χ2n) is 4.63. The molecule has 0 aliphatic rings. The molecule has 0 saturated heterocycles. The van der Waals surface area contributed by atoms with Crippen molar-refractivity contribution in [3.63, 3.8) is 0 Å². The van der Waals surface area contributed by atoms with Crippen molar-refractivity contribution in [3.05, 3.63) is 34.2 Å². The van der Waals surface area contributed by atoms with Crippen molar-refractivity contribution < 1.29 is 0 Å². The third-order valence-electron chi connectivity index (χ3n) is 2.97. The molecule has 0 radical (unpaired) electrons. The van der Waals surface area contributed by atoms with Gasteiger partial charge in [0.15, 0.2) is 5.82 Å². The fraction of sp³-hybridized carbons (Fsp3) is 0.400. The van der Waals surface area contributed by atoms with Gasteiger partial charge in [-0.1, -0.05) is 13.8 Å². The maximum absolute atomic E-state index is 4.62. The van der Waals surface area contributed by atoms with Crippen LogP contribution < -0.4 is 5.32 Å². The van der Waals surface area contributed by atoms with Crippen LogP contribution in [0.3, 0.4) is 0 Å². The number of halogens is 1. The molecule has 0 unspecified atom stereocenters. The quantitative estimate of drug-likeness (QED) is 0.897. The molecule has 0 spiro atoms. The fourth-order valence-electron chi connectivity index (χ4n) is 1.82. The van der Waals surface area contributed by atoms with Crippen molar-refractivity contribution >= 4 is 21.7 Å². The van der Waals surface area contributed by atoms with E-state index in [2.05, 4.69) is 50.0 Å². The molecule has 0 aromatic carbocycles. The first-order valence-electron chi connectivity index (χ1n) is 6.89. The van der Waals surface area contributed by atoms with Crippen LogP contribution in [0, 0.1) is 6.92 Å². The molecule has 2 aromatic heterocycles. The summed E-state index contributed by atoms with van der Waals surface area (Å²) in [6.45, 7) is 7.09. The molecule has 2 aromatic rings. The van der Waals surface area contributed by atoms with Gasteiger partial charge < -0.3 is 5.32 Å². The van der Waals surface area contributed by atoms with Gasteiger partial charge in [0, 0.05) is 24.0 Å². The number of anilines is 1. The summed E-state index contributed by atoms with van der Waals surface area (Å²) in [6, 6.07) is 3.99. The van der Waals surface area contributed by atoms with Gasteiger partial charge in [-0.2, -0.15) is 0 Å². The molecule has 0 atom stereocenters. The van der Waals surface area contributed by atoms with Gasteiger partial charge in [0.25, 0.3) is 0 Å². The third kappa shape index (κ3) is 3.33. The summed E-state index contributed by atoms with van der Waals surface area (Å²) < 4.78 is 0.956. The number of nitrogens with zero attached hydrogens (tertiary/aromatic N) is 3. The van der Waals surface area contributed by atoms with Crippen molar-refractivity contribution in [1.29, 1.82) is 0 Å². The molecule has 5 heteroatoms. The van der Waals surface area contributed by atoms with Crippen LogP contribution in [0.25, 0.3) is 11.4 Å². The molecule has 2 rings (SSSR count). The summed E-state index contributed by atoms with van der Waals surface area (Å²) in [6.07, 6.45) is 3.73. The smallest absolute Gasteiger partial charge is 0.163 e. The second kappa shape index (κ2) is 6.79. The number of aromatic nitrogens is 3. The number of rotatable bonds is 5. The van der Waals surface area contributed by atoms with E-state index in [-0.39, 0.29) is 0 Å². The summed E-state index contributed by atoms with van der Waals surface area (Å²) in [5.41, 5.74) is 2.94. The van der Waals surface area contributed by atoms with Crippen molar-refractivity contribution in [2.75, 3.05) is 11.9 Å².